The molecule has 60 valence electrons. The van der Waals surface area contributed by atoms with Crippen LogP contribution in [0, 0.1) is 0 Å². The maximum absolute atomic E-state index is 5.60. The molecule has 0 aromatic heterocycles. The molecule has 0 aromatic carbocycles. The van der Waals surface area contributed by atoms with Gasteiger partial charge in [-0.05, 0) is 26.7 Å². The third kappa shape index (κ3) is 1.96. The summed E-state index contributed by atoms with van der Waals surface area (Å²) in [6.45, 7) is 7.13. The molecule has 1 rings (SSSR count). The summed E-state index contributed by atoms with van der Waals surface area (Å²) < 4.78 is 10.9. The highest BCUT2D eigenvalue weighted by Gasteiger charge is 2.27. The monoisotopic (exact) mass is 144 g/mol. The van der Waals surface area contributed by atoms with Gasteiger partial charge in [-0.1, -0.05) is 6.92 Å². The van der Waals surface area contributed by atoms with Crippen molar-refractivity contribution in [2.24, 2.45) is 0 Å². The first-order valence-corrected chi connectivity index (χ1v) is 3.93. The van der Waals surface area contributed by atoms with Gasteiger partial charge in [0, 0.05) is 0 Å². The quantitative estimate of drug-likeness (QED) is 0.560. The molecule has 0 radical (unpaired) electrons. The van der Waals surface area contributed by atoms with Gasteiger partial charge < -0.3 is 9.47 Å². The fourth-order valence-electron chi connectivity index (χ4n) is 1.09. The van der Waals surface area contributed by atoms with Crippen LogP contribution in [0.5, 0.6) is 0 Å². The van der Waals surface area contributed by atoms with Crippen molar-refractivity contribution in [1.82, 2.24) is 0 Å². The molecule has 1 fully saturated rings. The van der Waals surface area contributed by atoms with E-state index < -0.39 is 0 Å². The van der Waals surface area contributed by atoms with Crippen LogP contribution >= 0.6 is 0 Å². The van der Waals surface area contributed by atoms with Crippen LogP contribution in [-0.4, -0.2) is 18.5 Å². The van der Waals surface area contributed by atoms with E-state index in [-0.39, 0.29) is 11.9 Å². The minimum atomic E-state index is 0.0267. The Hall–Kier alpha value is -0.0800. The zero-order chi connectivity index (χ0) is 7.61. The minimum Gasteiger partial charge on any atom is -0.353 e. The van der Waals surface area contributed by atoms with Crippen molar-refractivity contribution in [3.8, 4) is 0 Å². The molecule has 1 unspecified atom stereocenters. The largest absolute Gasteiger partial charge is 0.353 e. The molecule has 10 heavy (non-hydrogen) atoms. The Balaban J connectivity index is 2.40. The van der Waals surface area contributed by atoms with Crippen molar-refractivity contribution in [2.75, 3.05) is 6.61 Å². The average molecular weight is 144 g/mol. The molecule has 0 amide bonds. The first-order valence-electron chi connectivity index (χ1n) is 3.93. The van der Waals surface area contributed by atoms with Crippen LogP contribution in [0.15, 0.2) is 0 Å². The van der Waals surface area contributed by atoms with Crippen LogP contribution in [0.1, 0.15) is 33.6 Å². The minimum absolute atomic E-state index is 0.0267. The molecule has 1 aliphatic heterocycles. The van der Waals surface area contributed by atoms with Gasteiger partial charge in [0.1, 0.15) is 0 Å². The van der Waals surface area contributed by atoms with E-state index in [1.165, 1.54) is 0 Å². The molecule has 1 heterocycles. The van der Waals surface area contributed by atoms with Gasteiger partial charge in [0.15, 0.2) is 6.29 Å². The average Bonchev–Trinajstić information content (AvgIpc) is 1.86. The molecule has 0 aliphatic carbocycles. The van der Waals surface area contributed by atoms with Gasteiger partial charge in [-0.2, -0.15) is 0 Å². The molecule has 0 saturated carbocycles. The molecular formula is C8H16O2. The molecule has 0 aromatic rings. The summed E-state index contributed by atoms with van der Waals surface area (Å²) in [5, 5.41) is 0. The number of ether oxygens (including phenoxy) is 2. The fraction of sp³-hybridized carbons (Fsp3) is 1.00. The van der Waals surface area contributed by atoms with Crippen molar-refractivity contribution in [1.29, 1.82) is 0 Å². The van der Waals surface area contributed by atoms with Crippen molar-refractivity contribution in [3.05, 3.63) is 0 Å². The van der Waals surface area contributed by atoms with Crippen LogP contribution in [0.3, 0.4) is 0 Å². The van der Waals surface area contributed by atoms with Gasteiger partial charge >= 0.3 is 0 Å². The first-order chi connectivity index (χ1) is 4.64. The SMILES string of the molecule is CCC1OCCC(C)(C)O1. The van der Waals surface area contributed by atoms with Crippen LogP contribution < -0.4 is 0 Å². The summed E-state index contributed by atoms with van der Waals surface area (Å²) >= 11 is 0. The molecule has 2 heteroatoms. The highest BCUT2D eigenvalue weighted by Crippen LogP contribution is 2.23. The second-order valence-corrected chi connectivity index (χ2v) is 3.34. The van der Waals surface area contributed by atoms with Crippen LogP contribution in [0.4, 0.5) is 0 Å². The van der Waals surface area contributed by atoms with E-state index in [1.54, 1.807) is 0 Å². The van der Waals surface area contributed by atoms with E-state index in [0.717, 1.165) is 19.4 Å². The molecule has 2 nitrogen and oxygen atoms in total. The molecule has 1 aliphatic rings. The lowest BCUT2D eigenvalue weighted by atomic mass is 10.1. The predicted molar refractivity (Wildman–Crippen MR) is 39.8 cm³/mol. The summed E-state index contributed by atoms with van der Waals surface area (Å²) in [6, 6.07) is 0. The van der Waals surface area contributed by atoms with Crippen molar-refractivity contribution in [2.45, 2.75) is 45.5 Å². The van der Waals surface area contributed by atoms with Crippen LogP contribution in [0.2, 0.25) is 0 Å². The Morgan fingerprint density at radius 3 is 2.60 bits per heavy atom. The normalized spacial score (nSPS) is 32.1. The summed E-state index contributed by atoms with van der Waals surface area (Å²) in [5.41, 5.74) is 0.0267. The second-order valence-electron chi connectivity index (χ2n) is 3.34. The summed E-state index contributed by atoms with van der Waals surface area (Å²) in [4.78, 5) is 0. The van der Waals surface area contributed by atoms with Gasteiger partial charge in [-0.25, -0.2) is 0 Å². The summed E-state index contributed by atoms with van der Waals surface area (Å²) in [6.07, 6.45) is 1.98. The van der Waals surface area contributed by atoms with Gasteiger partial charge in [-0.15, -0.1) is 0 Å². The topological polar surface area (TPSA) is 18.5 Å². The molecule has 1 atom stereocenters. The van der Waals surface area contributed by atoms with Gasteiger partial charge in [0.05, 0.1) is 12.2 Å². The molecule has 0 spiro atoms. The third-order valence-corrected chi connectivity index (χ3v) is 1.79. The molecule has 0 bridgehead atoms. The van der Waals surface area contributed by atoms with Crippen LogP contribution in [-0.2, 0) is 9.47 Å². The fourth-order valence-corrected chi connectivity index (χ4v) is 1.09. The van der Waals surface area contributed by atoms with Crippen molar-refractivity contribution in [3.63, 3.8) is 0 Å². The highest BCUT2D eigenvalue weighted by molar-refractivity contribution is 4.72. The smallest absolute Gasteiger partial charge is 0.158 e. The standard InChI is InChI=1S/C8H16O2/c1-4-7-9-6-5-8(2,3)10-7/h7H,4-6H2,1-3H3. The first kappa shape index (κ1) is 8.02. The lowest BCUT2D eigenvalue weighted by molar-refractivity contribution is -0.244. The number of rotatable bonds is 1. The molecule has 0 N–H and O–H groups in total. The van der Waals surface area contributed by atoms with Gasteiger partial charge in [0.25, 0.3) is 0 Å². The lowest BCUT2D eigenvalue weighted by Crippen LogP contribution is -2.38. The van der Waals surface area contributed by atoms with Crippen molar-refractivity contribution < 1.29 is 9.47 Å². The highest BCUT2D eigenvalue weighted by atomic mass is 16.7. The molecular weight excluding hydrogens is 128 g/mol. The Morgan fingerprint density at radius 1 is 1.50 bits per heavy atom. The third-order valence-electron chi connectivity index (χ3n) is 1.79. The van der Waals surface area contributed by atoms with Gasteiger partial charge in [0.2, 0.25) is 0 Å². The Bertz CT molecular complexity index is 110. The molecule has 1 saturated heterocycles. The van der Waals surface area contributed by atoms with Crippen molar-refractivity contribution >= 4 is 0 Å². The second kappa shape index (κ2) is 2.89. The van der Waals surface area contributed by atoms with E-state index in [2.05, 4.69) is 20.8 Å². The number of hydrogen-bond donors (Lipinski definition) is 0. The Morgan fingerprint density at radius 2 is 2.20 bits per heavy atom. The zero-order valence-electron chi connectivity index (χ0n) is 7.02. The van der Waals surface area contributed by atoms with E-state index in [0.29, 0.717) is 0 Å². The van der Waals surface area contributed by atoms with E-state index >= 15 is 0 Å². The lowest BCUT2D eigenvalue weighted by Gasteiger charge is -2.35. The van der Waals surface area contributed by atoms with E-state index in [4.69, 9.17) is 9.47 Å². The van der Waals surface area contributed by atoms with Gasteiger partial charge in [-0.3, -0.25) is 0 Å². The predicted octanol–water partition coefficient (Wildman–Crippen LogP) is 1.94. The Kier molecular flexibility index (Phi) is 2.32. The maximum atomic E-state index is 5.60. The van der Waals surface area contributed by atoms with E-state index in [9.17, 15) is 0 Å². The van der Waals surface area contributed by atoms with Crippen LogP contribution in [0.25, 0.3) is 0 Å². The zero-order valence-corrected chi connectivity index (χ0v) is 7.02. The van der Waals surface area contributed by atoms with E-state index in [1.807, 2.05) is 0 Å². The summed E-state index contributed by atoms with van der Waals surface area (Å²) in [7, 11) is 0. The number of hydrogen-bond acceptors (Lipinski definition) is 2. The maximum Gasteiger partial charge on any atom is 0.158 e. The Labute approximate surface area is 62.5 Å². The summed E-state index contributed by atoms with van der Waals surface area (Å²) in [5.74, 6) is 0.